The third-order valence-corrected chi connectivity index (χ3v) is 4.77. The fourth-order valence-corrected chi connectivity index (χ4v) is 3.04. The van der Waals surface area contributed by atoms with E-state index in [9.17, 15) is 14.0 Å². The summed E-state index contributed by atoms with van der Waals surface area (Å²) < 4.78 is 24.0. The molecule has 164 valence electrons. The summed E-state index contributed by atoms with van der Waals surface area (Å²) >= 11 is 0. The van der Waals surface area contributed by atoms with Gasteiger partial charge in [-0.25, -0.2) is 4.39 Å². The SMILES string of the molecule is CCCCC(=O)N(CCOC)CC(=O)N(Cc1ccc(F)cc1)Cc1ccc(C)o1. The number of hydrogen-bond acceptors (Lipinski definition) is 4. The second kappa shape index (κ2) is 12.1. The van der Waals surface area contributed by atoms with Gasteiger partial charge in [-0.15, -0.1) is 0 Å². The Balaban J connectivity index is 2.15. The molecule has 7 heteroatoms. The molecule has 0 radical (unpaired) electrons. The maximum absolute atomic E-state index is 13.3. The lowest BCUT2D eigenvalue weighted by Gasteiger charge is -2.27. The molecule has 0 spiro atoms. The van der Waals surface area contributed by atoms with E-state index in [1.54, 1.807) is 29.0 Å². The van der Waals surface area contributed by atoms with Crippen LogP contribution in [0.15, 0.2) is 40.8 Å². The van der Waals surface area contributed by atoms with Crippen molar-refractivity contribution in [2.45, 2.75) is 46.2 Å². The molecule has 0 N–H and O–H groups in total. The summed E-state index contributed by atoms with van der Waals surface area (Å²) in [6.07, 6.45) is 2.09. The van der Waals surface area contributed by atoms with Gasteiger partial charge in [-0.05, 0) is 43.2 Å². The van der Waals surface area contributed by atoms with E-state index >= 15 is 0 Å². The van der Waals surface area contributed by atoms with Crippen LogP contribution >= 0.6 is 0 Å². The van der Waals surface area contributed by atoms with Crippen LogP contribution in [0.1, 0.15) is 43.3 Å². The zero-order chi connectivity index (χ0) is 21.9. The van der Waals surface area contributed by atoms with Crippen LogP contribution in [-0.2, 0) is 27.4 Å². The molecule has 2 rings (SSSR count). The van der Waals surface area contributed by atoms with Crippen LogP contribution in [0.25, 0.3) is 0 Å². The van der Waals surface area contributed by atoms with Gasteiger partial charge < -0.3 is 19.0 Å². The number of ether oxygens (including phenoxy) is 1. The lowest BCUT2D eigenvalue weighted by atomic mass is 10.2. The Labute approximate surface area is 177 Å². The summed E-state index contributed by atoms with van der Waals surface area (Å²) in [5.74, 6) is 0.831. The Morgan fingerprint density at radius 2 is 1.77 bits per heavy atom. The number of nitrogens with zero attached hydrogens (tertiary/aromatic N) is 2. The predicted octanol–water partition coefficient (Wildman–Crippen LogP) is 3.92. The van der Waals surface area contributed by atoms with Crippen molar-refractivity contribution < 1.29 is 23.1 Å². The first-order chi connectivity index (χ1) is 14.4. The van der Waals surface area contributed by atoms with Crippen LogP contribution in [0, 0.1) is 12.7 Å². The van der Waals surface area contributed by atoms with E-state index in [0.717, 1.165) is 24.2 Å². The highest BCUT2D eigenvalue weighted by atomic mass is 19.1. The highest BCUT2D eigenvalue weighted by molar-refractivity contribution is 5.84. The van der Waals surface area contributed by atoms with Crippen molar-refractivity contribution in [1.29, 1.82) is 0 Å². The molecule has 0 aliphatic rings. The van der Waals surface area contributed by atoms with Gasteiger partial charge in [-0.1, -0.05) is 25.5 Å². The van der Waals surface area contributed by atoms with Gasteiger partial charge in [0.2, 0.25) is 11.8 Å². The van der Waals surface area contributed by atoms with E-state index in [4.69, 9.17) is 9.15 Å². The van der Waals surface area contributed by atoms with Gasteiger partial charge in [0.15, 0.2) is 0 Å². The van der Waals surface area contributed by atoms with E-state index in [0.29, 0.717) is 31.9 Å². The van der Waals surface area contributed by atoms with Gasteiger partial charge in [0.25, 0.3) is 0 Å². The Morgan fingerprint density at radius 3 is 2.37 bits per heavy atom. The van der Waals surface area contributed by atoms with Gasteiger partial charge in [-0.3, -0.25) is 9.59 Å². The van der Waals surface area contributed by atoms with E-state index < -0.39 is 0 Å². The third-order valence-electron chi connectivity index (χ3n) is 4.77. The predicted molar refractivity (Wildman–Crippen MR) is 112 cm³/mol. The van der Waals surface area contributed by atoms with E-state index in [1.165, 1.54) is 12.1 Å². The average Bonchev–Trinajstić information content (AvgIpc) is 3.14. The van der Waals surface area contributed by atoms with E-state index in [2.05, 4.69) is 0 Å². The molecular weight excluding hydrogens is 387 g/mol. The minimum atomic E-state index is -0.328. The van der Waals surface area contributed by atoms with Crippen LogP contribution in [0.5, 0.6) is 0 Å². The Kier molecular flexibility index (Phi) is 9.54. The maximum atomic E-state index is 13.3. The number of aryl methyl sites for hydroxylation is 1. The molecule has 0 aliphatic carbocycles. The fraction of sp³-hybridized carbons (Fsp3) is 0.478. The molecule has 0 unspecified atom stereocenters. The molecule has 2 aromatic rings. The molecule has 0 saturated heterocycles. The zero-order valence-corrected chi connectivity index (χ0v) is 18.0. The number of hydrogen-bond donors (Lipinski definition) is 0. The first-order valence-electron chi connectivity index (χ1n) is 10.3. The minimum Gasteiger partial charge on any atom is -0.464 e. The van der Waals surface area contributed by atoms with Crippen LogP contribution in [0.3, 0.4) is 0 Å². The van der Waals surface area contributed by atoms with Crippen molar-refractivity contribution in [3.8, 4) is 0 Å². The summed E-state index contributed by atoms with van der Waals surface area (Å²) in [7, 11) is 1.57. The monoisotopic (exact) mass is 418 g/mol. The maximum Gasteiger partial charge on any atom is 0.242 e. The van der Waals surface area contributed by atoms with Gasteiger partial charge in [0.05, 0.1) is 19.7 Å². The molecule has 2 amide bonds. The summed E-state index contributed by atoms with van der Waals surface area (Å²) in [5, 5.41) is 0. The Bertz CT molecular complexity index is 804. The molecular formula is C23H31FN2O4. The number of amides is 2. The molecule has 1 heterocycles. The molecule has 1 aromatic carbocycles. The van der Waals surface area contributed by atoms with Crippen molar-refractivity contribution in [3.05, 3.63) is 59.3 Å². The fourth-order valence-electron chi connectivity index (χ4n) is 3.04. The number of rotatable bonds is 12. The highest BCUT2D eigenvalue weighted by Crippen LogP contribution is 2.14. The van der Waals surface area contributed by atoms with Crippen LogP contribution in [0.2, 0.25) is 0 Å². The number of furan rings is 1. The zero-order valence-electron chi connectivity index (χ0n) is 18.0. The average molecular weight is 419 g/mol. The molecule has 0 atom stereocenters. The smallest absolute Gasteiger partial charge is 0.242 e. The van der Waals surface area contributed by atoms with Crippen molar-refractivity contribution in [1.82, 2.24) is 9.80 Å². The van der Waals surface area contributed by atoms with Crippen molar-refractivity contribution in [3.63, 3.8) is 0 Å². The molecule has 6 nitrogen and oxygen atoms in total. The lowest BCUT2D eigenvalue weighted by Crippen LogP contribution is -2.43. The number of unbranched alkanes of at least 4 members (excludes halogenated alkanes) is 1. The van der Waals surface area contributed by atoms with Gasteiger partial charge in [-0.2, -0.15) is 0 Å². The molecule has 1 aromatic heterocycles. The molecule has 0 bridgehead atoms. The van der Waals surface area contributed by atoms with Gasteiger partial charge >= 0.3 is 0 Å². The van der Waals surface area contributed by atoms with Crippen LogP contribution < -0.4 is 0 Å². The van der Waals surface area contributed by atoms with Crippen molar-refractivity contribution in [2.24, 2.45) is 0 Å². The number of methoxy groups -OCH3 is 1. The van der Waals surface area contributed by atoms with E-state index in [1.807, 2.05) is 26.0 Å². The molecule has 0 aliphatic heterocycles. The van der Waals surface area contributed by atoms with Gasteiger partial charge in [0.1, 0.15) is 17.3 Å². The summed E-state index contributed by atoms with van der Waals surface area (Å²) in [6, 6.07) is 9.71. The first-order valence-corrected chi connectivity index (χ1v) is 10.3. The van der Waals surface area contributed by atoms with E-state index in [-0.39, 0.29) is 30.7 Å². The normalized spacial score (nSPS) is 10.8. The standard InChI is InChI=1S/C23H31FN2O4/c1-4-5-6-22(27)25(13-14-29-3)17-23(28)26(16-21-12-7-18(2)30-21)15-19-8-10-20(24)11-9-19/h7-12H,4-6,13-17H2,1-3H3. The molecule has 0 saturated carbocycles. The van der Waals surface area contributed by atoms with Gasteiger partial charge in [0, 0.05) is 26.6 Å². The quantitative estimate of drug-likeness (QED) is 0.524. The minimum absolute atomic E-state index is 0.0349. The number of carbonyl (C=O) groups excluding carboxylic acids is 2. The Hall–Kier alpha value is -2.67. The number of halogens is 1. The van der Waals surface area contributed by atoms with Crippen molar-refractivity contribution in [2.75, 3.05) is 26.8 Å². The summed E-state index contributed by atoms with van der Waals surface area (Å²) in [6.45, 7) is 5.11. The highest BCUT2D eigenvalue weighted by Gasteiger charge is 2.22. The third kappa shape index (κ3) is 7.63. The topological polar surface area (TPSA) is 63.0 Å². The first kappa shape index (κ1) is 23.6. The number of carbonyl (C=O) groups is 2. The van der Waals surface area contributed by atoms with Crippen molar-refractivity contribution >= 4 is 11.8 Å². The molecule has 0 fully saturated rings. The largest absolute Gasteiger partial charge is 0.464 e. The summed E-state index contributed by atoms with van der Waals surface area (Å²) in [5.41, 5.74) is 0.800. The van der Waals surface area contributed by atoms with Crippen LogP contribution in [-0.4, -0.2) is 48.4 Å². The summed E-state index contributed by atoms with van der Waals surface area (Å²) in [4.78, 5) is 28.9. The van der Waals surface area contributed by atoms with Crippen LogP contribution in [0.4, 0.5) is 4.39 Å². The molecule has 30 heavy (non-hydrogen) atoms. The number of benzene rings is 1. The second-order valence-electron chi connectivity index (χ2n) is 7.30. The Morgan fingerprint density at radius 1 is 1.03 bits per heavy atom. The lowest BCUT2D eigenvalue weighted by molar-refractivity contribution is -0.142. The second-order valence-corrected chi connectivity index (χ2v) is 7.30.